The van der Waals surface area contributed by atoms with E-state index in [4.69, 9.17) is 4.98 Å². The maximum Gasteiger partial charge on any atom is 0.180 e. The van der Waals surface area contributed by atoms with Gasteiger partial charge in [-0.2, -0.15) is 0 Å². The Kier molecular flexibility index (Phi) is 6.55. The molecule has 4 N–H and O–H groups in total. The van der Waals surface area contributed by atoms with E-state index in [-0.39, 0.29) is 6.15 Å². The lowest BCUT2D eigenvalue weighted by Crippen LogP contribution is -2.06. The van der Waals surface area contributed by atoms with Crippen LogP contribution in [0.3, 0.4) is 0 Å². The number of hydrogen-bond acceptors (Lipinski definition) is 6. The number of benzene rings is 2. The molecule has 2 aromatic carbocycles. The maximum atomic E-state index is 4.93. The normalized spacial score (nSPS) is 11.0. The number of H-pyrrole nitrogens is 1. The van der Waals surface area contributed by atoms with E-state index in [0.717, 1.165) is 59.5 Å². The lowest BCUT2D eigenvalue weighted by Gasteiger charge is -2.11. The molecule has 0 saturated carbocycles. The SMILES string of the molecule is CCCCc1nc2c(C)ccnc2n1Cc1ccc(-c2ccccc2-c2nnn[nH]2)cc1.N. The Morgan fingerprint density at radius 3 is 2.48 bits per heavy atom. The second-order valence-corrected chi connectivity index (χ2v) is 8.01. The van der Waals surface area contributed by atoms with Gasteiger partial charge in [-0.25, -0.2) is 15.1 Å². The van der Waals surface area contributed by atoms with Crippen molar-refractivity contribution in [2.45, 2.75) is 39.7 Å². The average Bonchev–Trinajstić information content (AvgIpc) is 3.48. The van der Waals surface area contributed by atoms with Crippen LogP contribution in [0.25, 0.3) is 33.7 Å². The topological polar surface area (TPSA) is 120 Å². The van der Waals surface area contributed by atoms with Gasteiger partial charge < -0.3 is 10.7 Å². The highest BCUT2D eigenvalue weighted by molar-refractivity contribution is 5.80. The van der Waals surface area contributed by atoms with Crippen molar-refractivity contribution in [2.24, 2.45) is 0 Å². The van der Waals surface area contributed by atoms with Gasteiger partial charge in [0.2, 0.25) is 0 Å². The van der Waals surface area contributed by atoms with Crippen LogP contribution in [0, 0.1) is 6.92 Å². The van der Waals surface area contributed by atoms with E-state index in [1.54, 1.807) is 0 Å². The number of hydrogen-bond donors (Lipinski definition) is 2. The molecule has 0 saturated heterocycles. The largest absolute Gasteiger partial charge is 0.344 e. The minimum absolute atomic E-state index is 0. The highest BCUT2D eigenvalue weighted by atomic mass is 15.5. The standard InChI is InChI=1S/C25H25N7.H3N/c1-3-4-9-22-27-23-17(2)14-15-26-25(23)32(22)16-18-10-12-19(13-11-18)20-7-5-6-8-21(20)24-28-30-31-29-24;/h5-8,10-15H,3-4,9,16H2,1-2H3,(H,28,29,30,31);1H3. The lowest BCUT2D eigenvalue weighted by molar-refractivity contribution is 0.686. The number of unbranched alkanes of at least 4 members (excludes halogenated alkanes) is 1. The summed E-state index contributed by atoms with van der Waals surface area (Å²) in [6, 6.07) is 18.8. The zero-order valence-electron chi connectivity index (χ0n) is 19.0. The molecule has 0 fully saturated rings. The van der Waals surface area contributed by atoms with Crippen LogP contribution in [0.5, 0.6) is 0 Å². The van der Waals surface area contributed by atoms with Crippen molar-refractivity contribution in [3.05, 3.63) is 77.7 Å². The Hall–Kier alpha value is -3.91. The molecule has 0 amide bonds. The summed E-state index contributed by atoms with van der Waals surface area (Å²) in [5, 5.41) is 14.4. The van der Waals surface area contributed by atoms with Crippen molar-refractivity contribution < 1.29 is 0 Å². The summed E-state index contributed by atoms with van der Waals surface area (Å²) >= 11 is 0. The summed E-state index contributed by atoms with van der Waals surface area (Å²) in [6.07, 6.45) is 5.10. The monoisotopic (exact) mass is 440 g/mol. The molecule has 0 unspecified atom stereocenters. The number of nitrogens with one attached hydrogen (secondary N) is 1. The fourth-order valence-electron chi connectivity index (χ4n) is 4.06. The third-order valence-corrected chi connectivity index (χ3v) is 5.80. The number of aryl methyl sites for hydroxylation is 2. The molecule has 0 radical (unpaired) electrons. The number of tetrazole rings is 1. The van der Waals surface area contributed by atoms with E-state index in [2.05, 4.69) is 74.4 Å². The van der Waals surface area contributed by atoms with Crippen LogP contribution in [0.2, 0.25) is 0 Å². The molecule has 168 valence electrons. The number of aromatic amines is 1. The summed E-state index contributed by atoms with van der Waals surface area (Å²) in [5.74, 6) is 1.77. The fraction of sp³-hybridized carbons (Fsp3) is 0.240. The summed E-state index contributed by atoms with van der Waals surface area (Å²) in [5.41, 5.74) is 7.54. The zero-order valence-corrected chi connectivity index (χ0v) is 19.0. The molecular formula is C25H28N8. The molecule has 33 heavy (non-hydrogen) atoms. The molecule has 0 atom stereocenters. The molecular weight excluding hydrogens is 412 g/mol. The third-order valence-electron chi connectivity index (χ3n) is 5.80. The molecule has 0 spiro atoms. The summed E-state index contributed by atoms with van der Waals surface area (Å²) < 4.78 is 2.27. The van der Waals surface area contributed by atoms with Crippen molar-refractivity contribution in [2.75, 3.05) is 0 Å². The summed E-state index contributed by atoms with van der Waals surface area (Å²) in [4.78, 5) is 9.58. The van der Waals surface area contributed by atoms with Crippen molar-refractivity contribution in [1.29, 1.82) is 0 Å². The van der Waals surface area contributed by atoms with E-state index in [9.17, 15) is 0 Å². The Morgan fingerprint density at radius 1 is 0.970 bits per heavy atom. The first-order valence-electron chi connectivity index (χ1n) is 11.0. The third kappa shape index (κ3) is 4.38. The van der Waals surface area contributed by atoms with Crippen molar-refractivity contribution in [3.63, 3.8) is 0 Å². The lowest BCUT2D eigenvalue weighted by atomic mass is 9.98. The molecule has 0 aliphatic heterocycles. The molecule has 3 heterocycles. The molecule has 0 aliphatic rings. The second-order valence-electron chi connectivity index (χ2n) is 8.01. The first-order valence-corrected chi connectivity index (χ1v) is 11.0. The van der Waals surface area contributed by atoms with Gasteiger partial charge in [-0.1, -0.05) is 61.9 Å². The Labute approximate surface area is 192 Å². The van der Waals surface area contributed by atoms with Crippen LogP contribution in [0.1, 0.15) is 36.7 Å². The second kappa shape index (κ2) is 9.70. The van der Waals surface area contributed by atoms with E-state index in [1.807, 2.05) is 30.5 Å². The van der Waals surface area contributed by atoms with E-state index < -0.39 is 0 Å². The summed E-state index contributed by atoms with van der Waals surface area (Å²) in [7, 11) is 0. The number of aromatic nitrogens is 7. The van der Waals surface area contributed by atoms with Gasteiger partial charge in [0, 0.05) is 18.2 Å². The molecule has 3 aromatic heterocycles. The minimum atomic E-state index is 0. The van der Waals surface area contributed by atoms with E-state index in [0.29, 0.717) is 5.82 Å². The number of pyridine rings is 1. The highest BCUT2D eigenvalue weighted by Gasteiger charge is 2.14. The van der Waals surface area contributed by atoms with Crippen LogP contribution in [0.4, 0.5) is 0 Å². The first kappa shape index (κ1) is 22.3. The predicted molar refractivity (Wildman–Crippen MR) is 130 cm³/mol. The number of nitrogens with zero attached hydrogens (tertiary/aromatic N) is 6. The molecule has 8 nitrogen and oxygen atoms in total. The zero-order chi connectivity index (χ0) is 21.9. The fourth-order valence-corrected chi connectivity index (χ4v) is 4.06. The summed E-state index contributed by atoms with van der Waals surface area (Å²) in [6.45, 7) is 5.06. The Bertz CT molecular complexity index is 1340. The number of rotatable bonds is 7. The minimum Gasteiger partial charge on any atom is -0.344 e. The van der Waals surface area contributed by atoms with Gasteiger partial charge in [-0.15, -0.1) is 5.10 Å². The van der Waals surface area contributed by atoms with Crippen LogP contribution in [-0.4, -0.2) is 35.2 Å². The maximum absolute atomic E-state index is 4.93. The predicted octanol–water partition coefficient (Wildman–Crippen LogP) is 5.14. The molecule has 0 aliphatic carbocycles. The number of fused-ring (bicyclic) bond motifs is 1. The van der Waals surface area contributed by atoms with Gasteiger partial charge >= 0.3 is 0 Å². The first-order chi connectivity index (χ1) is 15.7. The number of imidazole rings is 1. The Morgan fingerprint density at radius 2 is 1.76 bits per heavy atom. The van der Waals surface area contributed by atoms with Crippen molar-refractivity contribution in [3.8, 4) is 22.5 Å². The smallest absolute Gasteiger partial charge is 0.180 e. The quantitative estimate of drug-likeness (QED) is 0.361. The molecule has 0 bridgehead atoms. The van der Waals surface area contributed by atoms with Crippen LogP contribution < -0.4 is 6.15 Å². The van der Waals surface area contributed by atoms with Gasteiger partial charge in [0.05, 0.1) is 6.54 Å². The molecule has 5 rings (SSSR count). The van der Waals surface area contributed by atoms with Gasteiger partial charge in [0.25, 0.3) is 0 Å². The molecule has 5 aromatic rings. The van der Waals surface area contributed by atoms with Crippen LogP contribution >= 0.6 is 0 Å². The average molecular weight is 441 g/mol. The van der Waals surface area contributed by atoms with E-state index >= 15 is 0 Å². The van der Waals surface area contributed by atoms with Crippen molar-refractivity contribution >= 4 is 11.2 Å². The molecule has 8 heteroatoms. The van der Waals surface area contributed by atoms with Crippen LogP contribution in [0.15, 0.2) is 60.8 Å². The highest BCUT2D eigenvalue weighted by Crippen LogP contribution is 2.30. The van der Waals surface area contributed by atoms with Gasteiger partial charge in [0.15, 0.2) is 11.5 Å². The van der Waals surface area contributed by atoms with Gasteiger partial charge in [-0.3, -0.25) is 0 Å². The van der Waals surface area contributed by atoms with Crippen LogP contribution in [-0.2, 0) is 13.0 Å². The van der Waals surface area contributed by atoms with Gasteiger partial charge in [0.1, 0.15) is 11.3 Å². The Balaban J connectivity index is 0.00000259. The van der Waals surface area contributed by atoms with E-state index in [1.165, 1.54) is 11.1 Å². The van der Waals surface area contributed by atoms with Gasteiger partial charge in [-0.05, 0) is 52.1 Å². The van der Waals surface area contributed by atoms with Crippen molar-refractivity contribution in [1.82, 2.24) is 41.3 Å².